The number of carbonyl (C=O) groups is 2. The molecule has 6 nitrogen and oxygen atoms in total. The molecular weight excluding hydrogens is 320 g/mol. The zero-order chi connectivity index (χ0) is 17.9. The standard InChI is InChI=1S/C19H22N2O4/c20-21-14-8-2-5-11-17(21)12-6-7-13-18(22)25-19(23)24-15-16-9-3-1-4-10-16/h1-5,8-11,14H,6-7,12-13,15,20H2. The molecule has 2 rings (SSSR count). The van der Waals surface area contributed by atoms with Crippen LogP contribution in [-0.2, 0) is 20.9 Å². The first-order valence-electron chi connectivity index (χ1n) is 8.14. The molecule has 0 unspecified atom stereocenters. The molecular formula is C19H22N2O4. The first-order chi connectivity index (χ1) is 12.1. The Labute approximate surface area is 147 Å². The van der Waals surface area contributed by atoms with Crippen LogP contribution < -0.4 is 5.84 Å². The Bertz CT molecular complexity index is 665. The lowest BCUT2D eigenvalue weighted by atomic mass is 10.1. The van der Waals surface area contributed by atoms with Crippen molar-refractivity contribution < 1.29 is 19.1 Å². The summed E-state index contributed by atoms with van der Waals surface area (Å²) in [5.74, 6) is 5.27. The topological polar surface area (TPSA) is 81.9 Å². The van der Waals surface area contributed by atoms with Crippen molar-refractivity contribution in [3.63, 3.8) is 0 Å². The normalized spacial score (nSPS) is 13.2. The third-order valence-corrected chi connectivity index (χ3v) is 3.55. The molecule has 132 valence electrons. The van der Waals surface area contributed by atoms with Crippen molar-refractivity contribution in [2.45, 2.75) is 32.3 Å². The second-order valence-electron chi connectivity index (χ2n) is 5.50. The van der Waals surface area contributed by atoms with Crippen LogP contribution in [0.4, 0.5) is 4.79 Å². The van der Waals surface area contributed by atoms with Crippen LogP contribution in [0.2, 0.25) is 0 Å². The van der Waals surface area contributed by atoms with Gasteiger partial charge in [0.05, 0.1) is 0 Å². The molecule has 1 aliphatic heterocycles. The number of nitrogens with zero attached hydrogens (tertiary/aromatic N) is 1. The van der Waals surface area contributed by atoms with Gasteiger partial charge in [0.2, 0.25) is 0 Å². The number of rotatable bonds is 7. The number of esters is 1. The average Bonchev–Trinajstić information content (AvgIpc) is 2.82. The minimum atomic E-state index is -0.969. The van der Waals surface area contributed by atoms with E-state index in [4.69, 9.17) is 10.6 Å². The van der Waals surface area contributed by atoms with Crippen LogP contribution >= 0.6 is 0 Å². The number of hydrazine groups is 1. The molecule has 1 aromatic carbocycles. The van der Waals surface area contributed by atoms with Gasteiger partial charge in [-0.25, -0.2) is 10.6 Å². The summed E-state index contributed by atoms with van der Waals surface area (Å²) in [6.45, 7) is 0.0779. The van der Waals surface area contributed by atoms with E-state index in [9.17, 15) is 9.59 Å². The summed E-state index contributed by atoms with van der Waals surface area (Å²) < 4.78 is 9.53. The summed E-state index contributed by atoms with van der Waals surface area (Å²) in [6.07, 6.45) is 10.6. The van der Waals surface area contributed by atoms with Crippen molar-refractivity contribution in [3.8, 4) is 0 Å². The summed E-state index contributed by atoms with van der Waals surface area (Å²) in [7, 11) is 0. The highest BCUT2D eigenvalue weighted by Gasteiger charge is 2.12. The van der Waals surface area contributed by atoms with Crippen LogP contribution in [0.5, 0.6) is 0 Å². The van der Waals surface area contributed by atoms with E-state index in [0.717, 1.165) is 24.1 Å². The van der Waals surface area contributed by atoms with E-state index in [0.29, 0.717) is 6.42 Å². The molecule has 0 radical (unpaired) electrons. The second-order valence-corrected chi connectivity index (χ2v) is 5.50. The van der Waals surface area contributed by atoms with Crippen molar-refractivity contribution in [1.82, 2.24) is 5.01 Å². The van der Waals surface area contributed by atoms with E-state index in [-0.39, 0.29) is 13.0 Å². The van der Waals surface area contributed by atoms with Crippen molar-refractivity contribution in [1.29, 1.82) is 0 Å². The average molecular weight is 342 g/mol. The Balaban J connectivity index is 1.60. The van der Waals surface area contributed by atoms with Crippen molar-refractivity contribution in [2.24, 2.45) is 5.84 Å². The Hall–Kier alpha value is -2.86. The van der Waals surface area contributed by atoms with Gasteiger partial charge in [0.1, 0.15) is 6.61 Å². The molecule has 1 aliphatic rings. The molecule has 0 spiro atoms. The van der Waals surface area contributed by atoms with Gasteiger partial charge in [0.15, 0.2) is 0 Å². The zero-order valence-corrected chi connectivity index (χ0v) is 14.0. The molecule has 0 saturated carbocycles. The summed E-state index contributed by atoms with van der Waals surface area (Å²) in [5, 5.41) is 1.55. The summed E-state index contributed by atoms with van der Waals surface area (Å²) in [4.78, 5) is 23.1. The van der Waals surface area contributed by atoms with Gasteiger partial charge >= 0.3 is 12.1 Å². The second kappa shape index (κ2) is 10.1. The summed E-state index contributed by atoms with van der Waals surface area (Å²) in [6, 6.07) is 9.19. The van der Waals surface area contributed by atoms with Crippen LogP contribution in [0.15, 0.2) is 66.5 Å². The quantitative estimate of drug-likeness (QED) is 0.353. The Kier molecular flexibility index (Phi) is 7.46. The van der Waals surface area contributed by atoms with Crippen LogP contribution in [0.3, 0.4) is 0 Å². The maximum Gasteiger partial charge on any atom is 0.516 e. The van der Waals surface area contributed by atoms with Gasteiger partial charge in [-0.15, -0.1) is 0 Å². The number of allylic oxidation sites excluding steroid dienone is 5. The van der Waals surface area contributed by atoms with Gasteiger partial charge in [-0.05, 0) is 37.0 Å². The number of nitrogens with two attached hydrogens (primary N) is 1. The fourth-order valence-electron chi connectivity index (χ4n) is 2.23. The molecule has 0 saturated heterocycles. The maximum absolute atomic E-state index is 11.6. The molecule has 0 aromatic heterocycles. The molecule has 0 atom stereocenters. The Morgan fingerprint density at radius 2 is 1.84 bits per heavy atom. The minimum absolute atomic E-state index is 0.0779. The molecule has 0 amide bonds. The number of carbonyl (C=O) groups excluding carboxylic acids is 2. The SMILES string of the molecule is NN1C=CC=CC=C1CCCCC(=O)OC(=O)OCc1ccccc1. The van der Waals surface area contributed by atoms with Gasteiger partial charge in [-0.1, -0.05) is 42.5 Å². The van der Waals surface area contributed by atoms with Crippen LogP contribution in [0, 0.1) is 0 Å². The molecule has 2 N–H and O–H groups in total. The third kappa shape index (κ3) is 7.05. The molecule has 0 fully saturated rings. The molecule has 6 heteroatoms. The fraction of sp³-hybridized carbons (Fsp3) is 0.263. The minimum Gasteiger partial charge on any atom is -0.429 e. The van der Waals surface area contributed by atoms with Gasteiger partial charge < -0.3 is 9.47 Å². The van der Waals surface area contributed by atoms with Crippen molar-refractivity contribution in [3.05, 3.63) is 72.1 Å². The largest absolute Gasteiger partial charge is 0.516 e. The van der Waals surface area contributed by atoms with E-state index in [1.54, 1.807) is 11.2 Å². The van der Waals surface area contributed by atoms with E-state index < -0.39 is 12.1 Å². The number of ether oxygens (including phenoxy) is 2. The highest BCUT2D eigenvalue weighted by Crippen LogP contribution is 2.14. The number of benzene rings is 1. The molecule has 0 aliphatic carbocycles. The first-order valence-corrected chi connectivity index (χ1v) is 8.14. The Morgan fingerprint density at radius 1 is 1.04 bits per heavy atom. The van der Waals surface area contributed by atoms with E-state index in [1.165, 1.54) is 0 Å². The van der Waals surface area contributed by atoms with Gasteiger partial charge in [0, 0.05) is 18.3 Å². The van der Waals surface area contributed by atoms with Gasteiger partial charge in [-0.2, -0.15) is 0 Å². The van der Waals surface area contributed by atoms with E-state index >= 15 is 0 Å². The van der Waals surface area contributed by atoms with Crippen LogP contribution in [0.25, 0.3) is 0 Å². The molecule has 1 aromatic rings. The lowest BCUT2D eigenvalue weighted by Gasteiger charge is -2.16. The van der Waals surface area contributed by atoms with Gasteiger partial charge in [0.25, 0.3) is 0 Å². The monoisotopic (exact) mass is 342 g/mol. The third-order valence-electron chi connectivity index (χ3n) is 3.55. The summed E-state index contributed by atoms with van der Waals surface area (Å²) in [5.41, 5.74) is 1.79. The zero-order valence-electron chi connectivity index (χ0n) is 14.0. The van der Waals surface area contributed by atoms with Crippen molar-refractivity contribution in [2.75, 3.05) is 0 Å². The maximum atomic E-state index is 11.6. The fourth-order valence-corrected chi connectivity index (χ4v) is 2.23. The molecule has 25 heavy (non-hydrogen) atoms. The van der Waals surface area contributed by atoms with Gasteiger partial charge in [-0.3, -0.25) is 9.80 Å². The Morgan fingerprint density at radius 3 is 2.64 bits per heavy atom. The van der Waals surface area contributed by atoms with Crippen LogP contribution in [-0.4, -0.2) is 17.1 Å². The lowest BCUT2D eigenvalue weighted by molar-refractivity contribution is -0.140. The summed E-state index contributed by atoms with van der Waals surface area (Å²) >= 11 is 0. The highest BCUT2D eigenvalue weighted by atomic mass is 16.7. The van der Waals surface area contributed by atoms with Crippen molar-refractivity contribution >= 4 is 12.1 Å². The first kappa shape index (κ1) is 18.5. The number of hydrogen-bond acceptors (Lipinski definition) is 6. The molecule has 1 heterocycles. The highest BCUT2D eigenvalue weighted by molar-refractivity contribution is 5.81. The van der Waals surface area contributed by atoms with E-state index in [1.807, 2.05) is 54.6 Å². The predicted molar refractivity (Wildman–Crippen MR) is 93.6 cm³/mol. The van der Waals surface area contributed by atoms with Crippen LogP contribution in [0.1, 0.15) is 31.2 Å². The smallest absolute Gasteiger partial charge is 0.429 e. The van der Waals surface area contributed by atoms with E-state index in [2.05, 4.69) is 4.74 Å². The molecule has 0 bridgehead atoms. The number of unbranched alkanes of at least 4 members (excludes halogenated alkanes) is 1. The predicted octanol–water partition coefficient (Wildman–Crippen LogP) is 3.57. The lowest BCUT2D eigenvalue weighted by Crippen LogP contribution is -2.23. The number of hydrogen-bond donors (Lipinski definition) is 1.